The first-order chi connectivity index (χ1) is 6.86. The van der Waals surface area contributed by atoms with Crippen LogP contribution in [0, 0.1) is 0 Å². The quantitative estimate of drug-likeness (QED) is 0.782. The number of methoxy groups -OCH3 is 1. The molecule has 2 rings (SSSR count). The van der Waals surface area contributed by atoms with Crippen molar-refractivity contribution in [3.8, 4) is 11.5 Å². The zero-order valence-electron chi connectivity index (χ0n) is 8.08. The molecule has 0 radical (unpaired) electrons. The van der Waals surface area contributed by atoms with Crippen LogP contribution in [0.1, 0.15) is 11.1 Å². The van der Waals surface area contributed by atoms with Crippen LogP contribution < -0.4 is 15.2 Å². The van der Waals surface area contributed by atoms with E-state index in [-0.39, 0.29) is 6.79 Å². The van der Waals surface area contributed by atoms with Crippen LogP contribution in [0.15, 0.2) is 12.1 Å². The Kier molecular flexibility index (Phi) is 2.56. The van der Waals surface area contributed by atoms with Gasteiger partial charge in [-0.25, -0.2) is 0 Å². The summed E-state index contributed by atoms with van der Waals surface area (Å²) in [6, 6.07) is 3.82. The van der Waals surface area contributed by atoms with E-state index in [1.54, 1.807) is 7.11 Å². The second-order valence-electron chi connectivity index (χ2n) is 3.07. The summed E-state index contributed by atoms with van der Waals surface area (Å²) < 4.78 is 15.7. The van der Waals surface area contributed by atoms with E-state index in [0.29, 0.717) is 13.2 Å². The predicted octanol–water partition coefficient (Wildman–Crippen LogP) is 1.02. The molecule has 1 aromatic rings. The third kappa shape index (κ3) is 1.42. The fourth-order valence-electron chi connectivity index (χ4n) is 1.56. The van der Waals surface area contributed by atoms with Gasteiger partial charge in [0.2, 0.25) is 6.79 Å². The molecule has 0 atom stereocenters. The molecule has 1 aliphatic heterocycles. The summed E-state index contributed by atoms with van der Waals surface area (Å²) >= 11 is 0. The average molecular weight is 195 g/mol. The first kappa shape index (κ1) is 9.30. The summed E-state index contributed by atoms with van der Waals surface area (Å²) in [5.74, 6) is 1.55. The lowest BCUT2D eigenvalue weighted by atomic mass is 10.1. The molecule has 0 fully saturated rings. The molecular formula is C10H13NO3. The Hall–Kier alpha value is -1.26. The highest BCUT2D eigenvalue weighted by atomic mass is 16.7. The Bertz CT molecular complexity index is 338. The maximum Gasteiger partial charge on any atom is 0.231 e. The highest BCUT2D eigenvalue weighted by molar-refractivity contribution is 5.51. The van der Waals surface area contributed by atoms with Crippen LogP contribution in [0.2, 0.25) is 0 Å². The van der Waals surface area contributed by atoms with Gasteiger partial charge >= 0.3 is 0 Å². The minimum absolute atomic E-state index is 0.278. The number of hydrogen-bond acceptors (Lipinski definition) is 4. The molecule has 0 spiro atoms. The molecule has 0 bridgehead atoms. The predicted molar refractivity (Wildman–Crippen MR) is 51.2 cm³/mol. The van der Waals surface area contributed by atoms with Crippen LogP contribution in [0.3, 0.4) is 0 Å². The SMILES string of the molecule is COCc1c(CN)ccc2c1OCO2. The molecule has 0 aromatic heterocycles. The molecule has 14 heavy (non-hydrogen) atoms. The van der Waals surface area contributed by atoms with Gasteiger partial charge in [0.15, 0.2) is 11.5 Å². The Labute approximate surface area is 82.6 Å². The van der Waals surface area contributed by atoms with Crippen molar-refractivity contribution in [1.82, 2.24) is 0 Å². The van der Waals surface area contributed by atoms with Gasteiger partial charge in [-0.1, -0.05) is 6.07 Å². The standard InChI is InChI=1S/C10H13NO3/c1-12-5-8-7(4-11)2-3-9-10(8)14-6-13-9/h2-3H,4-6,11H2,1H3. The molecular weight excluding hydrogens is 182 g/mol. The lowest BCUT2D eigenvalue weighted by Gasteiger charge is -2.09. The minimum Gasteiger partial charge on any atom is -0.454 e. The van der Waals surface area contributed by atoms with Crippen LogP contribution in [-0.2, 0) is 17.9 Å². The van der Waals surface area contributed by atoms with Crippen LogP contribution in [0.5, 0.6) is 11.5 Å². The molecule has 0 aliphatic carbocycles. The topological polar surface area (TPSA) is 53.7 Å². The van der Waals surface area contributed by atoms with E-state index in [1.165, 1.54) is 0 Å². The molecule has 4 heteroatoms. The molecule has 4 nitrogen and oxygen atoms in total. The number of benzene rings is 1. The Morgan fingerprint density at radius 1 is 1.43 bits per heavy atom. The Morgan fingerprint density at radius 2 is 2.29 bits per heavy atom. The molecule has 0 amide bonds. The van der Waals surface area contributed by atoms with E-state index in [9.17, 15) is 0 Å². The smallest absolute Gasteiger partial charge is 0.231 e. The van der Waals surface area contributed by atoms with Crippen molar-refractivity contribution in [3.63, 3.8) is 0 Å². The third-order valence-electron chi connectivity index (χ3n) is 2.25. The lowest BCUT2D eigenvalue weighted by Crippen LogP contribution is -2.03. The summed E-state index contributed by atoms with van der Waals surface area (Å²) in [4.78, 5) is 0. The van der Waals surface area contributed by atoms with Gasteiger partial charge in [-0.3, -0.25) is 0 Å². The van der Waals surface area contributed by atoms with Gasteiger partial charge < -0.3 is 19.9 Å². The van der Waals surface area contributed by atoms with Crippen LogP contribution in [-0.4, -0.2) is 13.9 Å². The first-order valence-electron chi connectivity index (χ1n) is 4.46. The van der Waals surface area contributed by atoms with E-state index >= 15 is 0 Å². The fourth-order valence-corrected chi connectivity index (χ4v) is 1.56. The van der Waals surface area contributed by atoms with Crippen LogP contribution in [0.4, 0.5) is 0 Å². The normalized spacial score (nSPS) is 13.3. The van der Waals surface area contributed by atoms with Crippen molar-refractivity contribution in [2.24, 2.45) is 5.73 Å². The summed E-state index contributed by atoms with van der Waals surface area (Å²) in [6.45, 7) is 1.26. The van der Waals surface area contributed by atoms with Crippen LogP contribution in [0.25, 0.3) is 0 Å². The molecule has 0 saturated heterocycles. The van der Waals surface area contributed by atoms with Gasteiger partial charge in [-0.2, -0.15) is 0 Å². The number of rotatable bonds is 3. The highest BCUT2D eigenvalue weighted by Crippen LogP contribution is 2.37. The monoisotopic (exact) mass is 195 g/mol. The zero-order valence-corrected chi connectivity index (χ0v) is 8.08. The Balaban J connectivity index is 2.45. The third-order valence-corrected chi connectivity index (χ3v) is 2.25. The lowest BCUT2D eigenvalue weighted by molar-refractivity contribution is 0.162. The van der Waals surface area contributed by atoms with Crippen LogP contribution >= 0.6 is 0 Å². The average Bonchev–Trinajstić information content (AvgIpc) is 2.67. The van der Waals surface area contributed by atoms with Gasteiger partial charge in [0.25, 0.3) is 0 Å². The summed E-state index contributed by atoms with van der Waals surface area (Å²) in [5.41, 5.74) is 7.65. The van der Waals surface area contributed by atoms with Crippen molar-refractivity contribution in [2.45, 2.75) is 13.2 Å². The van der Waals surface area contributed by atoms with Crippen molar-refractivity contribution in [2.75, 3.05) is 13.9 Å². The largest absolute Gasteiger partial charge is 0.454 e. The number of ether oxygens (including phenoxy) is 3. The number of fused-ring (bicyclic) bond motifs is 1. The molecule has 0 saturated carbocycles. The van der Waals surface area contributed by atoms with Crippen molar-refractivity contribution >= 4 is 0 Å². The maximum absolute atomic E-state index is 5.62. The Morgan fingerprint density at radius 3 is 3.00 bits per heavy atom. The van der Waals surface area contributed by atoms with Gasteiger partial charge in [-0.05, 0) is 11.6 Å². The summed E-state index contributed by atoms with van der Waals surface area (Å²) in [7, 11) is 1.65. The number of nitrogens with two attached hydrogens (primary N) is 1. The van der Waals surface area contributed by atoms with Crippen molar-refractivity contribution in [1.29, 1.82) is 0 Å². The van der Waals surface area contributed by atoms with Gasteiger partial charge in [0.05, 0.1) is 6.61 Å². The molecule has 0 unspecified atom stereocenters. The maximum atomic E-state index is 5.62. The van der Waals surface area contributed by atoms with E-state index in [1.807, 2.05) is 12.1 Å². The molecule has 2 N–H and O–H groups in total. The highest BCUT2D eigenvalue weighted by Gasteiger charge is 2.19. The second-order valence-corrected chi connectivity index (χ2v) is 3.07. The number of hydrogen-bond donors (Lipinski definition) is 1. The van der Waals surface area contributed by atoms with Gasteiger partial charge in [0.1, 0.15) is 0 Å². The van der Waals surface area contributed by atoms with Gasteiger partial charge in [0, 0.05) is 19.2 Å². The van der Waals surface area contributed by atoms with E-state index in [4.69, 9.17) is 19.9 Å². The second kappa shape index (κ2) is 3.86. The molecule has 1 heterocycles. The summed E-state index contributed by atoms with van der Waals surface area (Å²) in [5, 5.41) is 0. The molecule has 76 valence electrons. The van der Waals surface area contributed by atoms with E-state index < -0.39 is 0 Å². The zero-order chi connectivity index (χ0) is 9.97. The van der Waals surface area contributed by atoms with Crippen molar-refractivity contribution in [3.05, 3.63) is 23.3 Å². The molecule has 1 aromatic carbocycles. The van der Waals surface area contributed by atoms with Gasteiger partial charge in [-0.15, -0.1) is 0 Å². The minimum atomic E-state index is 0.278. The van der Waals surface area contributed by atoms with Crippen molar-refractivity contribution < 1.29 is 14.2 Å². The summed E-state index contributed by atoms with van der Waals surface area (Å²) in [6.07, 6.45) is 0. The van der Waals surface area contributed by atoms with E-state index in [2.05, 4.69) is 0 Å². The molecule has 1 aliphatic rings. The van der Waals surface area contributed by atoms with E-state index in [0.717, 1.165) is 22.6 Å². The first-order valence-corrected chi connectivity index (χ1v) is 4.46. The fraction of sp³-hybridized carbons (Fsp3) is 0.400.